The fourth-order valence-electron chi connectivity index (χ4n) is 0.598. The van der Waals surface area contributed by atoms with E-state index in [9.17, 15) is 0 Å². The van der Waals surface area contributed by atoms with Gasteiger partial charge < -0.3 is 11.1 Å². The second kappa shape index (κ2) is 5.47. The Hall–Kier alpha value is -0.665. The van der Waals surface area contributed by atoms with Crippen LogP contribution in [0.3, 0.4) is 0 Å². The largest absolute Gasteiger partial charge is 0.370 e. The number of hydrogen-bond donors (Lipinski definition) is 3. The minimum atomic E-state index is 0.0751. The molecule has 0 aromatic rings. The molecule has 0 spiro atoms. The van der Waals surface area contributed by atoms with E-state index in [1.54, 1.807) is 0 Å². The maximum absolute atomic E-state index is 6.80. The third-order valence-electron chi connectivity index (χ3n) is 1.10. The molecule has 0 aliphatic heterocycles. The van der Waals surface area contributed by atoms with E-state index in [2.05, 4.69) is 13.2 Å². The Bertz CT molecular complexity index is 84.3. The smallest absolute Gasteiger partial charge is 0.185 e. The van der Waals surface area contributed by atoms with Gasteiger partial charge in [-0.3, -0.25) is 5.41 Å². The molecule has 0 bridgehead atoms. The summed E-state index contributed by atoms with van der Waals surface area (Å²) in [6.45, 7) is 0.836. The molecule has 0 saturated heterocycles. The Morgan fingerprint density at radius 2 is 2.22 bits per heavy atom. The lowest BCUT2D eigenvalue weighted by atomic mass is 10.0. The fourth-order valence-corrected chi connectivity index (χ4v) is 0.598. The van der Waals surface area contributed by atoms with Crippen molar-refractivity contribution in [3.63, 3.8) is 0 Å². The summed E-state index contributed by atoms with van der Waals surface area (Å²) in [4.78, 5) is 0. The number of rotatable bonds is 4. The Morgan fingerprint density at radius 3 is 2.67 bits per heavy atom. The molecule has 4 heteroatoms. The SMILES string of the molecule is BCCCCNC(=N)N. The van der Waals surface area contributed by atoms with Gasteiger partial charge in [0, 0.05) is 6.54 Å². The molecule has 0 aliphatic rings. The average molecular weight is 127 g/mol. The third kappa shape index (κ3) is 7.33. The number of guanidine groups is 1. The first-order valence-electron chi connectivity index (χ1n) is 3.35. The molecule has 52 valence electrons. The first kappa shape index (κ1) is 8.33. The molecule has 0 aliphatic carbocycles. The molecule has 4 N–H and O–H groups in total. The summed E-state index contributed by atoms with van der Waals surface area (Å²) in [6.07, 6.45) is 3.52. The minimum absolute atomic E-state index is 0.0751. The average Bonchev–Trinajstić information content (AvgIpc) is 1.80. The third-order valence-corrected chi connectivity index (χ3v) is 1.10. The van der Waals surface area contributed by atoms with E-state index in [0.717, 1.165) is 13.0 Å². The van der Waals surface area contributed by atoms with Crippen LogP contribution in [0, 0.1) is 5.41 Å². The van der Waals surface area contributed by atoms with Gasteiger partial charge in [0.05, 0.1) is 0 Å². The van der Waals surface area contributed by atoms with Gasteiger partial charge in [-0.05, 0) is 6.42 Å². The van der Waals surface area contributed by atoms with Gasteiger partial charge in [0.1, 0.15) is 7.85 Å². The van der Waals surface area contributed by atoms with Crippen molar-refractivity contribution in [1.29, 1.82) is 5.41 Å². The molecule has 0 amide bonds. The molecule has 0 heterocycles. The lowest BCUT2D eigenvalue weighted by Gasteiger charge is -2.00. The van der Waals surface area contributed by atoms with Crippen LogP contribution >= 0.6 is 0 Å². The molecular formula is C5H14BN3. The standard InChI is InChI=1S/C5H14BN3/c6-3-1-2-4-9-5(7)8/h1-4,6H2,(H4,7,8,9). The second-order valence-electron chi connectivity index (χ2n) is 2.05. The van der Waals surface area contributed by atoms with E-state index in [4.69, 9.17) is 11.1 Å². The zero-order valence-electron chi connectivity index (χ0n) is 5.91. The Morgan fingerprint density at radius 1 is 1.56 bits per heavy atom. The lowest BCUT2D eigenvalue weighted by molar-refractivity contribution is 0.748. The minimum Gasteiger partial charge on any atom is -0.370 e. The second-order valence-corrected chi connectivity index (χ2v) is 2.05. The summed E-state index contributed by atoms with van der Waals surface area (Å²) in [5, 5.41) is 9.54. The van der Waals surface area contributed by atoms with Crippen LogP contribution in [0.15, 0.2) is 0 Å². The molecular weight excluding hydrogens is 113 g/mol. The van der Waals surface area contributed by atoms with Gasteiger partial charge >= 0.3 is 0 Å². The highest BCUT2D eigenvalue weighted by molar-refractivity contribution is 6.08. The van der Waals surface area contributed by atoms with E-state index in [1.807, 2.05) is 0 Å². The van der Waals surface area contributed by atoms with Crippen molar-refractivity contribution in [3.8, 4) is 0 Å². The number of unbranched alkanes of at least 4 members (excludes halogenated alkanes) is 1. The van der Waals surface area contributed by atoms with E-state index >= 15 is 0 Å². The first-order chi connectivity index (χ1) is 4.27. The van der Waals surface area contributed by atoms with Gasteiger partial charge in [-0.2, -0.15) is 0 Å². The maximum Gasteiger partial charge on any atom is 0.185 e. The van der Waals surface area contributed by atoms with E-state index in [-0.39, 0.29) is 5.96 Å². The summed E-state index contributed by atoms with van der Waals surface area (Å²) in [5.41, 5.74) is 5.05. The molecule has 0 unspecified atom stereocenters. The monoisotopic (exact) mass is 127 g/mol. The van der Waals surface area contributed by atoms with Crippen molar-refractivity contribution in [2.24, 2.45) is 5.73 Å². The first-order valence-corrected chi connectivity index (χ1v) is 3.35. The fraction of sp³-hybridized carbons (Fsp3) is 0.800. The molecule has 0 saturated carbocycles. The maximum atomic E-state index is 6.80. The summed E-state index contributed by atoms with van der Waals surface area (Å²) < 4.78 is 0. The lowest BCUT2D eigenvalue weighted by Crippen LogP contribution is -2.30. The van der Waals surface area contributed by atoms with Crippen molar-refractivity contribution in [2.75, 3.05) is 6.54 Å². The summed E-state index contributed by atoms with van der Waals surface area (Å²) in [7, 11) is 2.15. The van der Waals surface area contributed by atoms with Gasteiger partial charge in [0.15, 0.2) is 5.96 Å². The van der Waals surface area contributed by atoms with Crippen molar-refractivity contribution in [3.05, 3.63) is 0 Å². The quantitative estimate of drug-likeness (QED) is 0.202. The van der Waals surface area contributed by atoms with Gasteiger partial charge in [0.2, 0.25) is 0 Å². The molecule has 0 fully saturated rings. The van der Waals surface area contributed by atoms with Crippen molar-refractivity contribution in [2.45, 2.75) is 19.2 Å². The van der Waals surface area contributed by atoms with Crippen molar-refractivity contribution >= 4 is 13.8 Å². The van der Waals surface area contributed by atoms with Gasteiger partial charge in [0.25, 0.3) is 0 Å². The van der Waals surface area contributed by atoms with Gasteiger partial charge in [-0.15, -0.1) is 0 Å². The van der Waals surface area contributed by atoms with Crippen LogP contribution in [0.5, 0.6) is 0 Å². The zero-order chi connectivity index (χ0) is 7.11. The van der Waals surface area contributed by atoms with Crippen LogP contribution in [-0.2, 0) is 0 Å². The molecule has 3 nitrogen and oxygen atoms in total. The van der Waals surface area contributed by atoms with Crippen molar-refractivity contribution in [1.82, 2.24) is 5.32 Å². The highest BCUT2D eigenvalue weighted by atomic mass is 15.0. The molecule has 0 aromatic heterocycles. The zero-order valence-corrected chi connectivity index (χ0v) is 5.91. The Labute approximate surface area is 56.9 Å². The van der Waals surface area contributed by atoms with Gasteiger partial charge in [-0.25, -0.2) is 0 Å². The molecule has 0 radical (unpaired) electrons. The topological polar surface area (TPSA) is 61.9 Å². The molecule has 0 atom stereocenters. The van der Waals surface area contributed by atoms with Gasteiger partial charge in [-0.1, -0.05) is 12.7 Å². The summed E-state index contributed by atoms with van der Waals surface area (Å²) in [5.74, 6) is 0.0751. The molecule has 0 aromatic carbocycles. The Balaban J connectivity index is 2.83. The van der Waals surface area contributed by atoms with E-state index in [0.29, 0.717) is 0 Å². The molecule has 0 rings (SSSR count). The highest BCUT2D eigenvalue weighted by Crippen LogP contribution is 1.88. The van der Waals surface area contributed by atoms with Crippen LogP contribution < -0.4 is 11.1 Å². The van der Waals surface area contributed by atoms with Crippen LogP contribution in [-0.4, -0.2) is 20.4 Å². The number of hydrogen-bond acceptors (Lipinski definition) is 1. The Kier molecular flexibility index (Phi) is 5.07. The number of nitrogens with one attached hydrogen (secondary N) is 2. The van der Waals surface area contributed by atoms with Crippen LogP contribution in [0.2, 0.25) is 6.32 Å². The van der Waals surface area contributed by atoms with Crippen molar-refractivity contribution < 1.29 is 0 Å². The van der Waals surface area contributed by atoms with Crippen LogP contribution in [0.1, 0.15) is 12.8 Å². The van der Waals surface area contributed by atoms with Crippen LogP contribution in [0.25, 0.3) is 0 Å². The molecule has 9 heavy (non-hydrogen) atoms. The van der Waals surface area contributed by atoms with E-state index < -0.39 is 0 Å². The number of nitrogens with two attached hydrogens (primary N) is 1. The normalized spacial score (nSPS) is 8.89. The highest BCUT2D eigenvalue weighted by Gasteiger charge is 1.85. The predicted molar refractivity (Wildman–Crippen MR) is 42.5 cm³/mol. The van der Waals surface area contributed by atoms with Crippen LogP contribution in [0.4, 0.5) is 0 Å². The predicted octanol–water partition coefficient (Wildman–Crippen LogP) is -0.699. The van der Waals surface area contributed by atoms with E-state index in [1.165, 1.54) is 12.7 Å². The summed E-state index contributed by atoms with van der Waals surface area (Å²) >= 11 is 0. The summed E-state index contributed by atoms with van der Waals surface area (Å²) in [6, 6.07) is 0.